The molecule has 0 aliphatic rings. The van der Waals surface area contributed by atoms with Crippen molar-refractivity contribution in [3.8, 4) is 0 Å². The van der Waals surface area contributed by atoms with Crippen LogP contribution in [-0.4, -0.2) is 91.8 Å². The Morgan fingerprint density at radius 3 is 2.16 bits per heavy atom. The number of primary amides is 1. The summed E-state index contributed by atoms with van der Waals surface area (Å²) in [7, 11) is 0. The molecule has 15 heteroatoms. The van der Waals surface area contributed by atoms with Crippen LogP contribution in [0.3, 0.4) is 0 Å². The van der Waals surface area contributed by atoms with E-state index in [1.165, 1.54) is 12.5 Å². The van der Waals surface area contributed by atoms with Crippen LogP contribution in [0.5, 0.6) is 0 Å². The Bertz CT molecular complexity index is 814. The first kappa shape index (κ1) is 26.5. The Kier molecular flexibility index (Phi) is 10.2. The van der Waals surface area contributed by atoms with Crippen molar-refractivity contribution < 1.29 is 39.3 Å². The molecule has 0 saturated heterocycles. The molecule has 0 bridgehead atoms. The molecule has 1 aromatic rings. The molecule has 0 aliphatic carbocycles. The summed E-state index contributed by atoms with van der Waals surface area (Å²) in [6, 6.07) is -5.91. The predicted octanol–water partition coefficient (Wildman–Crippen LogP) is -4.93. The first-order chi connectivity index (χ1) is 15.0. The highest BCUT2D eigenvalue weighted by atomic mass is 16.4. The number of carbonyl (C=O) groups is 5. The third kappa shape index (κ3) is 8.29. The lowest BCUT2D eigenvalue weighted by molar-refractivity contribution is -0.145. The van der Waals surface area contributed by atoms with Gasteiger partial charge in [0.1, 0.15) is 12.1 Å². The smallest absolute Gasteiger partial charge is 0.328 e. The van der Waals surface area contributed by atoms with E-state index >= 15 is 0 Å². The second-order valence-corrected chi connectivity index (χ2v) is 6.93. The monoisotopic (exact) mass is 457 g/mol. The van der Waals surface area contributed by atoms with E-state index in [0.717, 1.165) is 6.92 Å². The molecule has 0 spiro atoms. The van der Waals surface area contributed by atoms with Gasteiger partial charge in [-0.1, -0.05) is 0 Å². The number of hydrogen-bond acceptors (Lipinski definition) is 9. The summed E-state index contributed by atoms with van der Waals surface area (Å²) in [5, 5.41) is 34.7. The molecule has 1 rings (SSSR count). The molecule has 4 amide bonds. The molecule has 0 aliphatic heterocycles. The zero-order valence-electron chi connectivity index (χ0n) is 17.1. The summed E-state index contributed by atoms with van der Waals surface area (Å²) in [5.41, 5.74) is 10.9. The normalized spacial score (nSPS) is 15.5. The Hall–Kier alpha value is -3.56. The van der Waals surface area contributed by atoms with Gasteiger partial charge in [-0.05, 0) is 6.92 Å². The van der Waals surface area contributed by atoms with Crippen LogP contribution in [0, 0.1) is 0 Å². The molecule has 1 aromatic heterocycles. The number of H-pyrrole nitrogens is 1. The number of hydrogen-bond donors (Lipinski definition) is 9. The van der Waals surface area contributed by atoms with Gasteiger partial charge >= 0.3 is 5.97 Å². The first-order valence-electron chi connectivity index (χ1n) is 9.40. The summed E-state index contributed by atoms with van der Waals surface area (Å²) in [5.74, 6) is -5.22. The molecule has 32 heavy (non-hydrogen) atoms. The number of aliphatic hydroxyl groups excluding tert-OH is 2. The number of amides is 4. The number of imidazole rings is 1. The molecule has 5 unspecified atom stereocenters. The van der Waals surface area contributed by atoms with E-state index in [4.69, 9.17) is 16.6 Å². The molecule has 0 fully saturated rings. The van der Waals surface area contributed by atoms with Gasteiger partial charge < -0.3 is 47.7 Å². The third-order valence-corrected chi connectivity index (χ3v) is 4.23. The topological polar surface area (TPSA) is 263 Å². The average molecular weight is 457 g/mol. The highest BCUT2D eigenvalue weighted by molar-refractivity contribution is 5.95. The van der Waals surface area contributed by atoms with E-state index < -0.39 is 72.9 Å². The Morgan fingerprint density at radius 1 is 1.09 bits per heavy atom. The lowest BCUT2D eigenvalue weighted by Crippen LogP contribution is -2.59. The van der Waals surface area contributed by atoms with Crippen LogP contribution in [-0.2, 0) is 30.4 Å². The molecule has 0 saturated carbocycles. The standard InChI is InChI=1S/C17H27N7O8/c1-7(26)13(17(31)32)24-15(29)10(2-8-4-20-6-21-8)22-16(30)11(5-25)23-14(28)9(18)3-12(19)27/h4,6-7,9-11,13,25-26H,2-3,5,18H2,1H3,(H2,19,27)(H,20,21)(H,22,30)(H,23,28)(H,24,29)(H,31,32). The van der Waals surface area contributed by atoms with Gasteiger partial charge in [0.2, 0.25) is 23.6 Å². The minimum atomic E-state index is -1.65. The quantitative estimate of drug-likeness (QED) is 0.136. The van der Waals surface area contributed by atoms with Crippen LogP contribution in [0.4, 0.5) is 0 Å². The maximum atomic E-state index is 12.6. The highest BCUT2D eigenvalue weighted by Crippen LogP contribution is 2.03. The van der Waals surface area contributed by atoms with Crippen molar-refractivity contribution in [2.75, 3.05) is 6.61 Å². The summed E-state index contributed by atoms with van der Waals surface area (Å²) in [6.07, 6.45) is 0.600. The molecule has 0 aromatic carbocycles. The van der Waals surface area contributed by atoms with E-state index in [1.807, 2.05) is 0 Å². The van der Waals surface area contributed by atoms with Crippen molar-refractivity contribution in [1.29, 1.82) is 0 Å². The maximum absolute atomic E-state index is 12.6. The number of nitrogens with one attached hydrogen (secondary N) is 4. The van der Waals surface area contributed by atoms with Crippen LogP contribution < -0.4 is 27.4 Å². The van der Waals surface area contributed by atoms with Crippen LogP contribution in [0.15, 0.2) is 12.5 Å². The lowest BCUT2D eigenvalue weighted by atomic mass is 10.1. The average Bonchev–Trinajstić information content (AvgIpc) is 3.21. The highest BCUT2D eigenvalue weighted by Gasteiger charge is 2.32. The number of rotatable bonds is 13. The van der Waals surface area contributed by atoms with Crippen molar-refractivity contribution in [1.82, 2.24) is 25.9 Å². The van der Waals surface area contributed by atoms with E-state index in [9.17, 15) is 34.2 Å². The number of aromatic nitrogens is 2. The molecule has 15 nitrogen and oxygen atoms in total. The van der Waals surface area contributed by atoms with E-state index in [-0.39, 0.29) is 6.42 Å². The van der Waals surface area contributed by atoms with Crippen LogP contribution >= 0.6 is 0 Å². The lowest BCUT2D eigenvalue weighted by Gasteiger charge is -2.24. The fraction of sp³-hybridized carbons (Fsp3) is 0.529. The number of carbonyl (C=O) groups excluding carboxylic acids is 4. The fourth-order valence-corrected chi connectivity index (χ4v) is 2.52. The molecule has 1 heterocycles. The molecule has 178 valence electrons. The number of nitrogens with zero attached hydrogens (tertiary/aromatic N) is 1. The van der Waals surface area contributed by atoms with Gasteiger partial charge in [-0.25, -0.2) is 9.78 Å². The minimum Gasteiger partial charge on any atom is -0.480 e. The predicted molar refractivity (Wildman–Crippen MR) is 106 cm³/mol. The third-order valence-electron chi connectivity index (χ3n) is 4.23. The van der Waals surface area contributed by atoms with Crippen LogP contribution in [0.25, 0.3) is 0 Å². The first-order valence-corrected chi connectivity index (χ1v) is 9.40. The number of aromatic amines is 1. The van der Waals surface area contributed by atoms with Gasteiger partial charge in [-0.2, -0.15) is 0 Å². The fourth-order valence-electron chi connectivity index (χ4n) is 2.52. The number of carboxylic acids is 1. The SMILES string of the molecule is CC(O)C(NC(=O)C(Cc1cnc[nH]1)NC(=O)C(CO)NC(=O)C(N)CC(N)=O)C(=O)O. The molecule has 11 N–H and O–H groups in total. The number of aliphatic hydroxyl groups is 2. The van der Waals surface area contributed by atoms with Gasteiger partial charge in [0.15, 0.2) is 6.04 Å². The number of carboxylic acid groups (broad SMARTS) is 1. The van der Waals surface area contributed by atoms with Gasteiger partial charge in [0.05, 0.1) is 31.5 Å². The van der Waals surface area contributed by atoms with Crippen molar-refractivity contribution in [2.24, 2.45) is 11.5 Å². The second kappa shape index (κ2) is 12.3. The second-order valence-electron chi connectivity index (χ2n) is 6.93. The van der Waals surface area contributed by atoms with E-state index in [0.29, 0.717) is 5.69 Å². The Balaban J connectivity index is 2.95. The number of nitrogens with two attached hydrogens (primary N) is 2. The summed E-state index contributed by atoms with van der Waals surface area (Å²) in [6.45, 7) is 0.291. The van der Waals surface area contributed by atoms with E-state index in [1.54, 1.807) is 0 Å². The van der Waals surface area contributed by atoms with Crippen LogP contribution in [0.2, 0.25) is 0 Å². The molecular weight excluding hydrogens is 430 g/mol. The van der Waals surface area contributed by atoms with E-state index in [2.05, 4.69) is 25.9 Å². The summed E-state index contributed by atoms with van der Waals surface area (Å²) >= 11 is 0. The molecular formula is C17H27N7O8. The van der Waals surface area contributed by atoms with Crippen molar-refractivity contribution in [2.45, 2.75) is 50.0 Å². The van der Waals surface area contributed by atoms with Gasteiger partial charge in [-0.15, -0.1) is 0 Å². The zero-order chi connectivity index (χ0) is 24.4. The summed E-state index contributed by atoms with van der Waals surface area (Å²) < 4.78 is 0. The minimum absolute atomic E-state index is 0.156. The van der Waals surface area contributed by atoms with Gasteiger partial charge in [0.25, 0.3) is 0 Å². The zero-order valence-corrected chi connectivity index (χ0v) is 17.1. The Morgan fingerprint density at radius 2 is 1.69 bits per heavy atom. The van der Waals surface area contributed by atoms with Gasteiger partial charge in [-0.3, -0.25) is 19.2 Å². The Labute approximate surface area is 181 Å². The van der Waals surface area contributed by atoms with Gasteiger partial charge in [0, 0.05) is 18.3 Å². The van der Waals surface area contributed by atoms with Crippen molar-refractivity contribution in [3.63, 3.8) is 0 Å². The number of aliphatic carboxylic acids is 1. The molecule has 5 atom stereocenters. The largest absolute Gasteiger partial charge is 0.480 e. The van der Waals surface area contributed by atoms with Crippen LogP contribution in [0.1, 0.15) is 19.0 Å². The van der Waals surface area contributed by atoms with Crippen molar-refractivity contribution in [3.05, 3.63) is 18.2 Å². The summed E-state index contributed by atoms with van der Waals surface area (Å²) in [4.78, 5) is 65.8. The van der Waals surface area contributed by atoms with Crippen molar-refractivity contribution >= 4 is 29.6 Å². The molecule has 0 radical (unpaired) electrons. The maximum Gasteiger partial charge on any atom is 0.328 e.